The Morgan fingerprint density at radius 1 is 1.41 bits per heavy atom. The first-order valence-electron chi connectivity index (χ1n) is 5.93. The number of nitrogen functional groups attached to an aromatic ring is 1. The Hall–Kier alpha value is -1.91. The van der Waals surface area contributed by atoms with Crippen molar-refractivity contribution in [3.8, 4) is 11.3 Å². The van der Waals surface area contributed by atoms with Gasteiger partial charge in [-0.05, 0) is 19.8 Å². The summed E-state index contributed by atoms with van der Waals surface area (Å²) in [6.07, 6.45) is 6.16. The maximum Gasteiger partial charge on any atom is 0.134 e. The number of hydrogen-bond acceptors (Lipinski definition) is 4. The molecule has 17 heavy (non-hydrogen) atoms. The second-order valence-electron chi connectivity index (χ2n) is 4.40. The summed E-state index contributed by atoms with van der Waals surface area (Å²) >= 11 is 0. The lowest BCUT2D eigenvalue weighted by molar-refractivity contribution is 0.660. The van der Waals surface area contributed by atoms with E-state index in [-0.39, 0.29) is 0 Å². The van der Waals surface area contributed by atoms with Crippen LogP contribution in [0.3, 0.4) is 0 Å². The highest BCUT2D eigenvalue weighted by Crippen LogP contribution is 2.38. The second-order valence-corrected chi connectivity index (χ2v) is 4.40. The molecule has 0 saturated heterocycles. The van der Waals surface area contributed by atoms with Gasteiger partial charge in [-0.2, -0.15) is 5.10 Å². The number of nitrogens with two attached hydrogens (primary N) is 1. The Kier molecular flexibility index (Phi) is 2.31. The Morgan fingerprint density at radius 3 is 2.88 bits per heavy atom. The molecule has 2 N–H and O–H groups in total. The van der Waals surface area contributed by atoms with Crippen LogP contribution in [0, 0.1) is 0 Å². The van der Waals surface area contributed by atoms with Gasteiger partial charge in [-0.3, -0.25) is 4.68 Å². The molecule has 0 amide bonds. The van der Waals surface area contributed by atoms with Crippen molar-refractivity contribution in [2.45, 2.75) is 32.2 Å². The van der Waals surface area contributed by atoms with Crippen molar-refractivity contribution in [2.75, 3.05) is 5.73 Å². The molecule has 2 aromatic heterocycles. The van der Waals surface area contributed by atoms with Crippen molar-refractivity contribution in [1.82, 2.24) is 19.7 Å². The molecular formula is C12H15N5. The first-order valence-corrected chi connectivity index (χ1v) is 5.93. The Bertz CT molecular complexity index is 542. The van der Waals surface area contributed by atoms with E-state index in [9.17, 15) is 0 Å². The van der Waals surface area contributed by atoms with E-state index in [1.54, 1.807) is 0 Å². The fourth-order valence-corrected chi connectivity index (χ4v) is 1.83. The minimum Gasteiger partial charge on any atom is -0.384 e. The number of aromatic nitrogens is 4. The molecule has 0 aliphatic heterocycles. The second kappa shape index (κ2) is 3.84. The molecule has 0 radical (unpaired) electrons. The summed E-state index contributed by atoms with van der Waals surface area (Å²) < 4.78 is 1.88. The summed E-state index contributed by atoms with van der Waals surface area (Å²) in [5.74, 6) is 1.93. The molecule has 1 fully saturated rings. The van der Waals surface area contributed by atoms with Crippen LogP contribution in [-0.4, -0.2) is 19.7 Å². The first-order chi connectivity index (χ1) is 8.26. The number of nitrogens with zero attached hydrogens (tertiary/aromatic N) is 4. The quantitative estimate of drug-likeness (QED) is 0.871. The molecule has 3 rings (SSSR count). The van der Waals surface area contributed by atoms with Gasteiger partial charge in [-0.1, -0.05) is 0 Å². The maximum atomic E-state index is 5.82. The van der Waals surface area contributed by atoms with E-state index >= 15 is 0 Å². The van der Waals surface area contributed by atoms with Crippen molar-refractivity contribution >= 4 is 5.82 Å². The van der Waals surface area contributed by atoms with Gasteiger partial charge in [0.05, 0.1) is 11.9 Å². The zero-order valence-electron chi connectivity index (χ0n) is 9.80. The molecular weight excluding hydrogens is 214 g/mol. The van der Waals surface area contributed by atoms with Gasteiger partial charge in [0, 0.05) is 30.3 Å². The van der Waals surface area contributed by atoms with Crippen LogP contribution in [-0.2, 0) is 6.54 Å². The van der Waals surface area contributed by atoms with Crippen LogP contribution < -0.4 is 5.73 Å². The summed E-state index contributed by atoms with van der Waals surface area (Å²) in [6.45, 7) is 2.91. The monoisotopic (exact) mass is 229 g/mol. The van der Waals surface area contributed by atoms with E-state index in [4.69, 9.17) is 5.73 Å². The van der Waals surface area contributed by atoms with E-state index < -0.39 is 0 Å². The Balaban J connectivity index is 2.01. The van der Waals surface area contributed by atoms with Crippen LogP contribution in [0.5, 0.6) is 0 Å². The van der Waals surface area contributed by atoms with E-state index in [2.05, 4.69) is 22.0 Å². The smallest absolute Gasteiger partial charge is 0.134 e. The largest absolute Gasteiger partial charge is 0.384 e. The highest BCUT2D eigenvalue weighted by molar-refractivity contribution is 5.60. The lowest BCUT2D eigenvalue weighted by Crippen LogP contribution is -1.99. The third-order valence-corrected chi connectivity index (χ3v) is 2.96. The molecule has 0 atom stereocenters. The SMILES string of the molecule is CCn1cc(-c2cc(N)nc(C3CC3)n2)cn1. The fraction of sp³-hybridized carbons (Fsp3) is 0.417. The van der Waals surface area contributed by atoms with Crippen LogP contribution in [0.2, 0.25) is 0 Å². The first kappa shape index (κ1) is 10.3. The number of anilines is 1. The van der Waals surface area contributed by atoms with Crippen molar-refractivity contribution in [2.24, 2.45) is 0 Å². The fourth-order valence-electron chi connectivity index (χ4n) is 1.83. The lowest BCUT2D eigenvalue weighted by Gasteiger charge is -2.02. The molecule has 88 valence electrons. The van der Waals surface area contributed by atoms with Crippen molar-refractivity contribution in [1.29, 1.82) is 0 Å². The molecule has 5 heteroatoms. The summed E-state index contributed by atoms with van der Waals surface area (Å²) in [7, 11) is 0. The molecule has 1 saturated carbocycles. The van der Waals surface area contributed by atoms with Gasteiger partial charge < -0.3 is 5.73 Å². The number of aryl methyl sites for hydroxylation is 1. The van der Waals surface area contributed by atoms with Crippen molar-refractivity contribution in [3.63, 3.8) is 0 Å². The van der Waals surface area contributed by atoms with E-state index in [1.807, 2.05) is 23.1 Å². The molecule has 0 unspecified atom stereocenters. The molecule has 0 aromatic carbocycles. The van der Waals surface area contributed by atoms with Crippen LogP contribution in [0.25, 0.3) is 11.3 Å². The topological polar surface area (TPSA) is 69.6 Å². The van der Waals surface area contributed by atoms with E-state index in [1.165, 1.54) is 12.8 Å². The maximum absolute atomic E-state index is 5.82. The van der Waals surface area contributed by atoms with Crippen LogP contribution in [0.15, 0.2) is 18.5 Å². The zero-order valence-corrected chi connectivity index (χ0v) is 9.80. The molecule has 0 spiro atoms. The lowest BCUT2D eigenvalue weighted by atomic mass is 10.2. The third-order valence-electron chi connectivity index (χ3n) is 2.96. The van der Waals surface area contributed by atoms with Gasteiger partial charge in [0.1, 0.15) is 11.6 Å². The normalized spacial score (nSPS) is 15.1. The van der Waals surface area contributed by atoms with Crippen LogP contribution >= 0.6 is 0 Å². The van der Waals surface area contributed by atoms with Crippen molar-refractivity contribution in [3.05, 3.63) is 24.3 Å². The Labute approximate surface area is 99.7 Å². The number of hydrogen-bond donors (Lipinski definition) is 1. The highest BCUT2D eigenvalue weighted by atomic mass is 15.3. The minimum absolute atomic E-state index is 0.512. The third kappa shape index (κ3) is 2.00. The zero-order chi connectivity index (χ0) is 11.8. The van der Waals surface area contributed by atoms with Gasteiger partial charge in [0.25, 0.3) is 0 Å². The average molecular weight is 229 g/mol. The molecule has 1 aliphatic carbocycles. The van der Waals surface area contributed by atoms with Gasteiger partial charge in [0.2, 0.25) is 0 Å². The average Bonchev–Trinajstić information content (AvgIpc) is 3.06. The molecule has 2 heterocycles. The Morgan fingerprint density at radius 2 is 2.24 bits per heavy atom. The van der Waals surface area contributed by atoms with Crippen LogP contribution in [0.4, 0.5) is 5.82 Å². The molecule has 1 aliphatic rings. The summed E-state index contributed by atoms with van der Waals surface area (Å²) in [4.78, 5) is 8.86. The summed E-state index contributed by atoms with van der Waals surface area (Å²) in [5.41, 5.74) is 7.70. The summed E-state index contributed by atoms with van der Waals surface area (Å²) in [6, 6.07) is 1.81. The van der Waals surface area contributed by atoms with E-state index in [0.29, 0.717) is 11.7 Å². The molecule has 5 nitrogen and oxygen atoms in total. The highest BCUT2D eigenvalue weighted by Gasteiger charge is 2.27. The van der Waals surface area contributed by atoms with Gasteiger partial charge >= 0.3 is 0 Å². The van der Waals surface area contributed by atoms with E-state index in [0.717, 1.165) is 23.6 Å². The van der Waals surface area contributed by atoms with Gasteiger partial charge in [-0.15, -0.1) is 0 Å². The predicted molar refractivity (Wildman–Crippen MR) is 65.3 cm³/mol. The molecule has 0 bridgehead atoms. The van der Waals surface area contributed by atoms with Crippen LogP contribution in [0.1, 0.15) is 31.5 Å². The van der Waals surface area contributed by atoms with Crippen molar-refractivity contribution < 1.29 is 0 Å². The number of rotatable bonds is 3. The predicted octanol–water partition coefficient (Wildman–Crippen LogP) is 1.82. The summed E-state index contributed by atoms with van der Waals surface area (Å²) in [5, 5.41) is 4.25. The van der Waals surface area contributed by atoms with Gasteiger partial charge in [-0.25, -0.2) is 9.97 Å². The van der Waals surface area contributed by atoms with Gasteiger partial charge in [0.15, 0.2) is 0 Å². The standard InChI is InChI=1S/C12H15N5/c1-2-17-7-9(6-14-17)10-5-11(13)16-12(15-10)8-3-4-8/h5-8H,2-4H2,1H3,(H2,13,15,16). The minimum atomic E-state index is 0.512. The molecule has 2 aromatic rings.